The molecule has 3 rings (SSSR count). The predicted molar refractivity (Wildman–Crippen MR) is 90.5 cm³/mol. The molecule has 138 valence electrons. The molecule has 26 heavy (non-hydrogen) atoms. The van der Waals surface area contributed by atoms with Gasteiger partial charge in [-0.2, -0.15) is 22.7 Å². The van der Waals surface area contributed by atoms with E-state index in [1.54, 1.807) is 24.9 Å². The van der Waals surface area contributed by atoms with Crippen LogP contribution in [0, 0.1) is 13.8 Å². The number of hydrogen-bond donors (Lipinski definition) is 0. The fourth-order valence-corrected chi connectivity index (χ4v) is 2.41. The largest absolute Gasteiger partial charge is 0.492 e. The Balaban J connectivity index is 1.77. The number of rotatable bonds is 5. The molecule has 3 aromatic rings. The summed E-state index contributed by atoms with van der Waals surface area (Å²) < 4.78 is 45.4. The van der Waals surface area contributed by atoms with Crippen molar-refractivity contribution in [1.29, 1.82) is 0 Å². The number of aryl methyl sites for hydroxylation is 2. The highest BCUT2D eigenvalue weighted by molar-refractivity contribution is 5.47. The molecule has 0 spiro atoms. The zero-order valence-electron chi connectivity index (χ0n) is 14.6. The maximum Gasteiger partial charge on any atom is 0.453 e. The maximum absolute atomic E-state index is 12.9. The summed E-state index contributed by atoms with van der Waals surface area (Å²) in [4.78, 5) is 9.26. The van der Waals surface area contributed by atoms with E-state index in [0.29, 0.717) is 24.7 Å². The van der Waals surface area contributed by atoms with Crippen LogP contribution in [0.1, 0.15) is 17.1 Å². The summed E-state index contributed by atoms with van der Waals surface area (Å²) in [5, 5.41) is 3.56. The number of benzene rings is 1. The molecule has 6 nitrogen and oxygen atoms in total. The summed E-state index contributed by atoms with van der Waals surface area (Å²) in [5.41, 5.74) is 1.69. The second-order valence-electron chi connectivity index (χ2n) is 5.98. The van der Waals surface area contributed by atoms with Crippen LogP contribution >= 0.6 is 0 Å². The van der Waals surface area contributed by atoms with Crippen molar-refractivity contribution < 1.29 is 17.9 Å². The van der Waals surface area contributed by atoms with Crippen LogP contribution < -0.4 is 9.64 Å². The summed E-state index contributed by atoms with van der Waals surface area (Å²) in [7, 11) is 1.75. The van der Waals surface area contributed by atoms with Crippen LogP contribution in [0.5, 0.6) is 5.75 Å². The number of alkyl halides is 3. The van der Waals surface area contributed by atoms with E-state index in [0.717, 1.165) is 15.8 Å². The predicted octanol–water partition coefficient (Wildman–Crippen LogP) is 3.28. The van der Waals surface area contributed by atoms with E-state index in [1.807, 2.05) is 31.2 Å². The van der Waals surface area contributed by atoms with Crippen LogP contribution in [0.2, 0.25) is 0 Å². The molecular weight excluding hydrogens is 347 g/mol. The Labute approximate surface area is 148 Å². The molecule has 9 heteroatoms. The van der Waals surface area contributed by atoms with Gasteiger partial charge in [-0.15, -0.1) is 5.10 Å². The first kappa shape index (κ1) is 18.0. The average molecular weight is 365 g/mol. The summed E-state index contributed by atoms with van der Waals surface area (Å²) in [6.45, 7) is 4.50. The summed E-state index contributed by atoms with van der Waals surface area (Å²) >= 11 is 0. The molecule has 0 atom stereocenters. The molecule has 1 aromatic carbocycles. The minimum atomic E-state index is -4.62. The van der Waals surface area contributed by atoms with Crippen molar-refractivity contribution in [2.45, 2.75) is 20.0 Å². The topological polar surface area (TPSA) is 55.5 Å². The number of nitrogens with zero attached hydrogens (tertiary/aromatic N) is 5. The molecule has 0 aliphatic carbocycles. The van der Waals surface area contributed by atoms with E-state index in [-0.39, 0.29) is 5.78 Å². The Morgan fingerprint density at radius 2 is 1.81 bits per heavy atom. The Morgan fingerprint density at radius 3 is 2.46 bits per heavy atom. The molecule has 0 radical (unpaired) electrons. The van der Waals surface area contributed by atoms with Gasteiger partial charge >= 0.3 is 6.18 Å². The van der Waals surface area contributed by atoms with Gasteiger partial charge in [0.05, 0.1) is 6.54 Å². The van der Waals surface area contributed by atoms with Crippen LogP contribution in [0.4, 0.5) is 19.0 Å². The highest BCUT2D eigenvalue weighted by atomic mass is 19.4. The van der Waals surface area contributed by atoms with Gasteiger partial charge in [0.2, 0.25) is 0 Å². The van der Waals surface area contributed by atoms with Crippen molar-refractivity contribution in [2.24, 2.45) is 0 Å². The van der Waals surface area contributed by atoms with Crippen molar-refractivity contribution in [2.75, 3.05) is 25.1 Å². The number of anilines is 1. The van der Waals surface area contributed by atoms with Gasteiger partial charge in [0, 0.05) is 18.8 Å². The zero-order valence-corrected chi connectivity index (χ0v) is 14.6. The molecule has 0 unspecified atom stereocenters. The lowest BCUT2D eigenvalue weighted by atomic mass is 10.2. The maximum atomic E-state index is 12.9. The Bertz CT molecular complexity index is 905. The number of aromatic nitrogens is 4. The molecule has 0 fully saturated rings. The van der Waals surface area contributed by atoms with E-state index >= 15 is 0 Å². The highest BCUT2D eigenvalue weighted by Crippen LogP contribution is 2.27. The van der Waals surface area contributed by atoms with Gasteiger partial charge in [-0.1, -0.05) is 17.7 Å². The van der Waals surface area contributed by atoms with Gasteiger partial charge in [0.1, 0.15) is 18.2 Å². The highest BCUT2D eigenvalue weighted by Gasteiger charge is 2.37. The smallest absolute Gasteiger partial charge is 0.453 e. The second-order valence-corrected chi connectivity index (χ2v) is 5.98. The minimum absolute atomic E-state index is 0.0846. The van der Waals surface area contributed by atoms with Crippen molar-refractivity contribution in [1.82, 2.24) is 19.6 Å². The molecule has 0 saturated carbocycles. The SMILES string of the molecule is Cc1ccc(OCCN(C)c2cc(C)nc3nc(C(F)(F)F)nn23)cc1. The van der Waals surface area contributed by atoms with E-state index in [9.17, 15) is 13.2 Å². The lowest BCUT2D eigenvalue weighted by Crippen LogP contribution is -2.26. The first-order valence-corrected chi connectivity index (χ1v) is 7.96. The number of ether oxygens (including phenoxy) is 1. The van der Waals surface area contributed by atoms with E-state index < -0.39 is 12.0 Å². The van der Waals surface area contributed by atoms with Gasteiger partial charge in [-0.25, -0.2) is 4.98 Å². The third-order valence-corrected chi connectivity index (χ3v) is 3.78. The lowest BCUT2D eigenvalue weighted by molar-refractivity contribution is -0.144. The number of halogens is 3. The molecule has 0 amide bonds. The van der Waals surface area contributed by atoms with Gasteiger partial charge in [0.15, 0.2) is 0 Å². The van der Waals surface area contributed by atoms with Crippen molar-refractivity contribution in [3.8, 4) is 5.75 Å². The normalized spacial score (nSPS) is 11.8. The molecule has 0 N–H and O–H groups in total. The van der Waals surface area contributed by atoms with Crippen molar-refractivity contribution in [3.05, 3.63) is 47.4 Å². The molecule has 0 aliphatic heterocycles. The van der Waals surface area contributed by atoms with E-state index in [4.69, 9.17) is 4.74 Å². The summed E-state index contributed by atoms with van der Waals surface area (Å²) in [6.07, 6.45) is -4.62. The van der Waals surface area contributed by atoms with Crippen LogP contribution in [-0.2, 0) is 6.18 Å². The zero-order chi connectivity index (χ0) is 18.9. The van der Waals surface area contributed by atoms with Crippen molar-refractivity contribution in [3.63, 3.8) is 0 Å². The first-order chi connectivity index (χ1) is 12.2. The fourth-order valence-electron chi connectivity index (χ4n) is 2.41. The van der Waals surface area contributed by atoms with Crippen molar-refractivity contribution >= 4 is 11.6 Å². The minimum Gasteiger partial charge on any atom is -0.492 e. The lowest BCUT2D eigenvalue weighted by Gasteiger charge is -2.20. The monoisotopic (exact) mass is 365 g/mol. The first-order valence-electron chi connectivity index (χ1n) is 7.96. The van der Waals surface area contributed by atoms with Gasteiger partial charge in [-0.3, -0.25) is 0 Å². The molecular formula is C17H18F3N5O. The molecule has 2 aromatic heterocycles. The van der Waals surface area contributed by atoms with Gasteiger partial charge in [-0.05, 0) is 26.0 Å². The number of hydrogen-bond acceptors (Lipinski definition) is 5. The Kier molecular flexibility index (Phi) is 4.71. The number of likely N-dealkylation sites (N-methyl/N-ethyl adjacent to an activating group) is 1. The third kappa shape index (κ3) is 3.87. The standard InChI is InChI=1S/C17H18F3N5O/c1-11-4-6-13(7-5-11)26-9-8-24(3)14-10-12(2)21-16-22-15(17(18,19)20)23-25(14)16/h4-7,10H,8-9H2,1-3H3. The van der Waals surface area contributed by atoms with Crippen LogP contribution in [-0.4, -0.2) is 39.8 Å². The molecule has 0 saturated heterocycles. The quantitative estimate of drug-likeness (QED) is 0.695. The Hall–Kier alpha value is -2.84. The molecule has 0 bridgehead atoms. The van der Waals surface area contributed by atoms with Gasteiger partial charge in [0.25, 0.3) is 11.6 Å². The second kappa shape index (κ2) is 6.81. The average Bonchev–Trinajstić information content (AvgIpc) is 3.00. The third-order valence-electron chi connectivity index (χ3n) is 3.78. The molecule has 0 aliphatic rings. The summed E-state index contributed by atoms with van der Waals surface area (Å²) in [6, 6.07) is 9.30. The van der Waals surface area contributed by atoms with Crippen LogP contribution in [0.15, 0.2) is 30.3 Å². The van der Waals surface area contributed by atoms with Crippen LogP contribution in [0.3, 0.4) is 0 Å². The van der Waals surface area contributed by atoms with Gasteiger partial charge < -0.3 is 9.64 Å². The van der Waals surface area contributed by atoms with E-state index in [2.05, 4.69) is 15.1 Å². The molecule has 2 heterocycles. The number of fused-ring (bicyclic) bond motifs is 1. The summed E-state index contributed by atoms with van der Waals surface area (Å²) in [5.74, 6) is -0.0945. The Morgan fingerprint density at radius 1 is 1.12 bits per heavy atom. The fraction of sp³-hybridized carbons (Fsp3) is 0.353. The van der Waals surface area contributed by atoms with E-state index in [1.165, 1.54) is 0 Å². The van der Waals surface area contributed by atoms with Crippen LogP contribution in [0.25, 0.3) is 5.78 Å².